The van der Waals surface area contributed by atoms with E-state index in [0.29, 0.717) is 32.8 Å². The van der Waals surface area contributed by atoms with Gasteiger partial charge in [-0.05, 0) is 42.3 Å². The fraction of sp³-hybridized carbons (Fsp3) is 0.280. The molecule has 2 aromatic heterocycles. The number of hydrogen-bond acceptors (Lipinski definition) is 6. The smallest absolute Gasteiger partial charge is 0.267 e. The van der Waals surface area contributed by atoms with E-state index >= 15 is 0 Å². The predicted molar refractivity (Wildman–Crippen MR) is 139 cm³/mol. The summed E-state index contributed by atoms with van der Waals surface area (Å²) < 4.78 is 15.1. The first-order chi connectivity index (χ1) is 16.5. The summed E-state index contributed by atoms with van der Waals surface area (Å²) in [4.78, 5) is 32.9. The van der Waals surface area contributed by atoms with Crippen molar-refractivity contribution in [2.75, 3.05) is 11.9 Å². The number of aromatic nitrogens is 2. The van der Waals surface area contributed by atoms with Gasteiger partial charge in [0.15, 0.2) is 0 Å². The third kappa shape index (κ3) is 5.37. The summed E-state index contributed by atoms with van der Waals surface area (Å²) in [6.45, 7) is 3.07. The first kappa shape index (κ1) is 24.1. The van der Waals surface area contributed by atoms with E-state index in [1.54, 1.807) is 36.5 Å². The molecule has 0 atom stereocenters. The van der Waals surface area contributed by atoms with Crippen molar-refractivity contribution in [3.05, 3.63) is 80.9 Å². The molecule has 3 aromatic rings. The second kappa shape index (κ2) is 10.9. The Morgan fingerprint density at radius 1 is 1.12 bits per heavy atom. The number of nitrogens with zero attached hydrogens (tertiary/aromatic N) is 3. The van der Waals surface area contributed by atoms with Gasteiger partial charge in [-0.2, -0.15) is 0 Å². The molecule has 1 saturated heterocycles. The standard InChI is InChI=1S/C25H25FN4O2S2/c1-2-3-4-6-13-27-22-19(23(31)29-14-7-5-8-21(29)28-22)15-20-24(32)30(25(33)34-20)16-17-9-11-18(26)12-10-17/h5,7-12,14-15,27H,2-4,6,13,16H2,1H3/b20-15+. The lowest BCUT2D eigenvalue weighted by Crippen LogP contribution is -2.27. The lowest BCUT2D eigenvalue weighted by molar-refractivity contribution is -0.122. The van der Waals surface area contributed by atoms with E-state index in [0.717, 1.165) is 43.0 Å². The number of rotatable bonds is 9. The molecular weight excluding hydrogens is 471 g/mol. The SMILES string of the molecule is CCCCCCNc1nc2ccccn2c(=O)c1/C=C1/SC(=S)N(Cc2ccc(F)cc2)C1=O. The Hall–Kier alpha value is -3.04. The summed E-state index contributed by atoms with van der Waals surface area (Å²) in [6.07, 6.45) is 7.58. The third-order valence-corrected chi connectivity index (χ3v) is 6.87. The van der Waals surface area contributed by atoms with Crippen LogP contribution in [0.5, 0.6) is 0 Å². The molecule has 0 spiro atoms. The summed E-state index contributed by atoms with van der Waals surface area (Å²) in [5.41, 5.74) is 1.36. The van der Waals surface area contributed by atoms with Crippen molar-refractivity contribution in [3.63, 3.8) is 0 Å². The molecule has 1 aliphatic rings. The Bertz CT molecular complexity index is 1300. The van der Waals surface area contributed by atoms with Crippen LogP contribution in [0.25, 0.3) is 11.7 Å². The molecule has 1 N–H and O–H groups in total. The van der Waals surface area contributed by atoms with Crippen LogP contribution in [0.4, 0.5) is 10.2 Å². The Morgan fingerprint density at radius 3 is 2.68 bits per heavy atom. The van der Waals surface area contributed by atoms with E-state index in [-0.39, 0.29) is 23.8 Å². The minimum absolute atomic E-state index is 0.236. The first-order valence-corrected chi connectivity index (χ1v) is 12.5. The highest BCUT2D eigenvalue weighted by atomic mass is 32.2. The van der Waals surface area contributed by atoms with E-state index in [9.17, 15) is 14.0 Å². The number of amides is 1. The molecular formula is C25H25FN4O2S2. The number of carbonyl (C=O) groups excluding carboxylic acids is 1. The molecule has 9 heteroatoms. The Kier molecular flexibility index (Phi) is 7.74. The second-order valence-corrected chi connectivity index (χ2v) is 9.67. The Balaban J connectivity index is 1.64. The topological polar surface area (TPSA) is 66.7 Å². The van der Waals surface area contributed by atoms with E-state index in [2.05, 4.69) is 17.2 Å². The van der Waals surface area contributed by atoms with Crippen molar-refractivity contribution in [1.29, 1.82) is 0 Å². The Morgan fingerprint density at radius 2 is 1.91 bits per heavy atom. The normalized spacial score (nSPS) is 15.0. The highest BCUT2D eigenvalue weighted by molar-refractivity contribution is 8.26. The van der Waals surface area contributed by atoms with Gasteiger partial charge in [0.1, 0.15) is 21.6 Å². The van der Waals surface area contributed by atoms with Crippen molar-refractivity contribution in [1.82, 2.24) is 14.3 Å². The molecule has 1 aliphatic heterocycles. The van der Waals surface area contributed by atoms with Crippen LogP contribution in [-0.4, -0.2) is 31.1 Å². The molecule has 1 aromatic carbocycles. The summed E-state index contributed by atoms with van der Waals surface area (Å²) in [7, 11) is 0. The highest BCUT2D eigenvalue weighted by Crippen LogP contribution is 2.34. The number of nitrogens with one attached hydrogen (secondary N) is 1. The van der Waals surface area contributed by atoms with Crippen LogP contribution in [0.2, 0.25) is 0 Å². The lowest BCUT2D eigenvalue weighted by Gasteiger charge is -2.14. The number of benzene rings is 1. The quantitative estimate of drug-likeness (QED) is 0.249. The van der Waals surface area contributed by atoms with Gasteiger partial charge >= 0.3 is 0 Å². The first-order valence-electron chi connectivity index (χ1n) is 11.2. The summed E-state index contributed by atoms with van der Waals surface area (Å²) in [6, 6.07) is 11.3. The molecule has 1 amide bonds. The van der Waals surface area contributed by atoms with Crippen LogP contribution in [0.1, 0.15) is 43.7 Å². The van der Waals surface area contributed by atoms with Gasteiger partial charge in [-0.15, -0.1) is 0 Å². The molecule has 0 aliphatic carbocycles. The summed E-state index contributed by atoms with van der Waals surface area (Å²) in [5, 5.41) is 3.29. The van der Waals surface area contributed by atoms with Gasteiger partial charge in [0.05, 0.1) is 17.0 Å². The van der Waals surface area contributed by atoms with E-state index in [4.69, 9.17) is 12.2 Å². The second-order valence-electron chi connectivity index (χ2n) is 7.99. The number of halogens is 1. The molecule has 0 saturated carbocycles. The fourth-order valence-electron chi connectivity index (χ4n) is 3.67. The molecule has 34 heavy (non-hydrogen) atoms. The molecule has 176 valence electrons. The van der Waals surface area contributed by atoms with E-state index in [1.165, 1.54) is 21.4 Å². The predicted octanol–water partition coefficient (Wildman–Crippen LogP) is 5.23. The van der Waals surface area contributed by atoms with Crippen LogP contribution in [0, 0.1) is 5.82 Å². The molecule has 3 heterocycles. The van der Waals surface area contributed by atoms with Crippen LogP contribution in [0.15, 0.2) is 58.4 Å². The maximum absolute atomic E-state index is 13.3. The van der Waals surface area contributed by atoms with E-state index < -0.39 is 0 Å². The number of hydrogen-bond donors (Lipinski definition) is 1. The largest absolute Gasteiger partial charge is 0.369 e. The van der Waals surface area contributed by atoms with Crippen molar-refractivity contribution in [3.8, 4) is 0 Å². The van der Waals surface area contributed by atoms with Gasteiger partial charge in [-0.25, -0.2) is 9.37 Å². The molecule has 0 unspecified atom stereocenters. The maximum atomic E-state index is 13.3. The van der Waals surface area contributed by atoms with Crippen LogP contribution >= 0.6 is 24.0 Å². The van der Waals surface area contributed by atoms with Crippen LogP contribution in [-0.2, 0) is 11.3 Å². The van der Waals surface area contributed by atoms with E-state index in [1.807, 2.05) is 6.07 Å². The number of unbranched alkanes of at least 4 members (excludes halogenated alkanes) is 3. The van der Waals surface area contributed by atoms with Crippen LogP contribution < -0.4 is 10.9 Å². The van der Waals surface area contributed by atoms with Crippen molar-refractivity contribution in [2.24, 2.45) is 0 Å². The highest BCUT2D eigenvalue weighted by Gasteiger charge is 2.32. The zero-order chi connectivity index (χ0) is 24.1. The molecule has 6 nitrogen and oxygen atoms in total. The Labute approximate surface area is 206 Å². The van der Waals surface area contributed by atoms with Gasteiger partial charge in [-0.1, -0.05) is 68.4 Å². The molecule has 0 radical (unpaired) electrons. The van der Waals surface area contributed by atoms with Gasteiger partial charge < -0.3 is 5.32 Å². The number of thioether (sulfide) groups is 1. The third-order valence-electron chi connectivity index (χ3n) is 5.49. The number of carbonyl (C=O) groups is 1. The molecule has 4 rings (SSSR count). The zero-order valence-corrected chi connectivity index (χ0v) is 20.4. The fourth-order valence-corrected chi connectivity index (χ4v) is 4.90. The summed E-state index contributed by atoms with van der Waals surface area (Å²) >= 11 is 6.58. The van der Waals surface area contributed by atoms with Gasteiger partial charge in [0.25, 0.3) is 11.5 Å². The van der Waals surface area contributed by atoms with Gasteiger partial charge in [-0.3, -0.25) is 18.9 Å². The van der Waals surface area contributed by atoms with Crippen molar-refractivity contribution >= 4 is 51.7 Å². The lowest BCUT2D eigenvalue weighted by atomic mass is 10.2. The monoisotopic (exact) mass is 496 g/mol. The molecule has 1 fully saturated rings. The average molecular weight is 497 g/mol. The minimum Gasteiger partial charge on any atom is -0.369 e. The minimum atomic E-state index is -0.340. The van der Waals surface area contributed by atoms with Crippen molar-refractivity contribution in [2.45, 2.75) is 39.2 Å². The summed E-state index contributed by atoms with van der Waals surface area (Å²) in [5.74, 6) is -0.171. The average Bonchev–Trinajstić information content (AvgIpc) is 3.10. The van der Waals surface area contributed by atoms with Crippen LogP contribution in [0.3, 0.4) is 0 Å². The van der Waals surface area contributed by atoms with Gasteiger partial charge in [0, 0.05) is 12.7 Å². The zero-order valence-electron chi connectivity index (χ0n) is 18.8. The molecule has 0 bridgehead atoms. The number of fused-ring (bicyclic) bond motifs is 1. The maximum Gasteiger partial charge on any atom is 0.267 e. The number of pyridine rings is 1. The number of anilines is 1. The van der Waals surface area contributed by atoms with Crippen molar-refractivity contribution < 1.29 is 9.18 Å². The van der Waals surface area contributed by atoms with Gasteiger partial charge in [0.2, 0.25) is 0 Å². The number of thiocarbonyl (C=S) groups is 1.